The molecule has 1 aliphatic heterocycles. The lowest BCUT2D eigenvalue weighted by atomic mass is 10.0. The zero-order valence-corrected chi connectivity index (χ0v) is 21.6. The van der Waals surface area contributed by atoms with E-state index in [2.05, 4.69) is 60.4 Å². The van der Waals surface area contributed by atoms with Crippen LogP contribution in [0.4, 0.5) is 4.39 Å². The molecule has 0 radical (unpaired) electrons. The van der Waals surface area contributed by atoms with Crippen molar-refractivity contribution in [2.24, 2.45) is 0 Å². The number of hydrogen-bond donors (Lipinski definition) is 2. The van der Waals surface area contributed by atoms with Gasteiger partial charge in [0, 0.05) is 40.5 Å². The van der Waals surface area contributed by atoms with E-state index in [4.69, 9.17) is 0 Å². The second-order valence-corrected chi connectivity index (χ2v) is 10.4. The molecular formula is C32H29FN6. The number of aromatic nitrogens is 5. The molecule has 4 aromatic heterocycles. The van der Waals surface area contributed by atoms with Crippen molar-refractivity contribution in [3.8, 4) is 33.6 Å². The average molecular weight is 517 g/mol. The number of nitrogens with zero attached hydrogens (tertiary/aromatic N) is 4. The molecule has 7 rings (SSSR count). The van der Waals surface area contributed by atoms with Crippen LogP contribution in [0.15, 0.2) is 79.4 Å². The van der Waals surface area contributed by atoms with Crippen molar-refractivity contribution in [1.29, 1.82) is 0 Å². The van der Waals surface area contributed by atoms with Crippen molar-refractivity contribution in [2.75, 3.05) is 19.6 Å². The Morgan fingerprint density at radius 2 is 1.69 bits per heavy atom. The van der Waals surface area contributed by atoms with Gasteiger partial charge in [0.1, 0.15) is 11.5 Å². The first-order valence-corrected chi connectivity index (χ1v) is 13.6. The maximum absolute atomic E-state index is 13.9. The molecule has 5 heterocycles. The first-order valence-electron chi connectivity index (χ1n) is 13.6. The summed E-state index contributed by atoms with van der Waals surface area (Å²) in [6.07, 6.45) is 12.4. The van der Waals surface area contributed by atoms with Crippen molar-refractivity contribution in [1.82, 2.24) is 30.0 Å². The summed E-state index contributed by atoms with van der Waals surface area (Å²) in [6.45, 7) is 3.64. The summed E-state index contributed by atoms with van der Waals surface area (Å²) in [4.78, 5) is 15.0. The summed E-state index contributed by atoms with van der Waals surface area (Å²) in [5.41, 5.74) is 8.72. The van der Waals surface area contributed by atoms with Crippen LogP contribution in [0.2, 0.25) is 0 Å². The van der Waals surface area contributed by atoms with Gasteiger partial charge in [-0.15, -0.1) is 0 Å². The van der Waals surface area contributed by atoms with Gasteiger partial charge in [-0.1, -0.05) is 18.2 Å². The van der Waals surface area contributed by atoms with Crippen LogP contribution < -0.4 is 0 Å². The first-order chi connectivity index (χ1) is 19.2. The number of nitrogens with one attached hydrogen (secondary N) is 2. The lowest BCUT2D eigenvalue weighted by Gasteiger charge is -2.14. The van der Waals surface area contributed by atoms with E-state index in [1.807, 2.05) is 18.5 Å². The van der Waals surface area contributed by atoms with Crippen LogP contribution >= 0.6 is 0 Å². The van der Waals surface area contributed by atoms with E-state index in [-0.39, 0.29) is 5.82 Å². The number of halogens is 1. The molecule has 39 heavy (non-hydrogen) atoms. The zero-order valence-electron chi connectivity index (χ0n) is 21.6. The molecule has 0 spiro atoms. The van der Waals surface area contributed by atoms with E-state index in [0.29, 0.717) is 0 Å². The molecule has 6 nitrogen and oxygen atoms in total. The summed E-state index contributed by atoms with van der Waals surface area (Å²) >= 11 is 0. The topological polar surface area (TPSA) is 73.5 Å². The smallest absolute Gasteiger partial charge is 0.123 e. The van der Waals surface area contributed by atoms with Crippen molar-refractivity contribution in [3.63, 3.8) is 0 Å². The lowest BCUT2D eigenvalue weighted by Crippen LogP contribution is -2.20. The van der Waals surface area contributed by atoms with Crippen molar-refractivity contribution < 1.29 is 4.39 Å². The van der Waals surface area contributed by atoms with Crippen molar-refractivity contribution >= 4 is 21.8 Å². The van der Waals surface area contributed by atoms with Crippen molar-refractivity contribution in [3.05, 3.63) is 90.8 Å². The standard InChI is InChI=1S/C32H29FN6/c33-25-7-3-6-23(14-25)28-19-35-20-31-26(28)16-30(36-31)32-27-15-22(8-9-29(27)37-38-32)24-13-21(17-34-18-24)5-4-12-39-10-1-2-11-39/h3,6-9,13-20,36H,1-2,4-5,10-12H2,(H,37,38). The highest BCUT2D eigenvalue weighted by atomic mass is 19.1. The maximum Gasteiger partial charge on any atom is 0.123 e. The average Bonchev–Trinajstić information content (AvgIpc) is 3.72. The van der Waals surface area contributed by atoms with Gasteiger partial charge in [0.05, 0.1) is 22.9 Å². The number of hydrogen-bond acceptors (Lipinski definition) is 4. The molecule has 2 aromatic carbocycles. The van der Waals surface area contributed by atoms with E-state index in [1.165, 1.54) is 43.6 Å². The fraction of sp³-hybridized carbons (Fsp3) is 0.219. The summed E-state index contributed by atoms with van der Waals surface area (Å²) in [5, 5.41) is 9.83. The maximum atomic E-state index is 13.9. The van der Waals surface area contributed by atoms with Gasteiger partial charge in [-0.3, -0.25) is 15.1 Å². The Balaban J connectivity index is 1.20. The number of benzene rings is 2. The van der Waals surface area contributed by atoms with Crippen LogP contribution in [0.5, 0.6) is 0 Å². The van der Waals surface area contributed by atoms with Gasteiger partial charge in [0.2, 0.25) is 0 Å². The molecule has 1 fully saturated rings. The number of fused-ring (bicyclic) bond motifs is 2. The molecule has 6 aromatic rings. The number of likely N-dealkylation sites (tertiary alicyclic amines) is 1. The number of H-pyrrole nitrogens is 2. The Bertz CT molecular complexity index is 1780. The molecule has 1 saturated heterocycles. The monoisotopic (exact) mass is 516 g/mol. The molecule has 0 aliphatic carbocycles. The fourth-order valence-electron chi connectivity index (χ4n) is 5.76. The highest BCUT2D eigenvalue weighted by molar-refractivity contribution is 6.01. The van der Waals surface area contributed by atoms with E-state index < -0.39 is 0 Å². The third-order valence-electron chi connectivity index (χ3n) is 7.77. The van der Waals surface area contributed by atoms with Crippen molar-refractivity contribution in [2.45, 2.75) is 25.7 Å². The van der Waals surface area contributed by atoms with Crippen LogP contribution in [-0.4, -0.2) is 49.7 Å². The van der Waals surface area contributed by atoms with Crippen LogP contribution in [0.25, 0.3) is 55.4 Å². The zero-order chi connectivity index (χ0) is 26.2. The minimum atomic E-state index is -0.267. The lowest BCUT2D eigenvalue weighted by molar-refractivity contribution is 0.334. The minimum Gasteiger partial charge on any atom is -0.352 e. The highest BCUT2D eigenvalue weighted by Gasteiger charge is 2.15. The van der Waals surface area contributed by atoms with Gasteiger partial charge >= 0.3 is 0 Å². The van der Waals surface area contributed by atoms with Gasteiger partial charge in [-0.05, 0) is 98.4 Å². The molecule has 0 amide bonds. The summed E-state index contributed by atoms with van der Waals surface area (Å²) in [5.74, 6) is -0.267. The van der Waals surface area contributed by atoms with Crippen LogP contribution in [0.3, 0.4) is 0 Å². The number of rotatable bonds is 7. The van der Waals surface area contributed by atoms with Gasteiger partial charge in [-0.25, -0.2) is 4.39 Å². The Morgan fingerprint density at radius 1 is 0.795 bits per heavy atom. The molecule has 7 heteroatoms. The van der Waals surface area contributed by atoms with Crippen LogP contribution in [0.1, 0.15) is 24.8 Å². The highest BCUT2D eigenvalue weighted by Crippen LogP contribution is 2.35. The van der Waals surface area contributed by atoms with E-state index in [0.717, 1.165) is 74.8 Å². The Labute approximate surface area is 225 Å². The second-order valence-electron chi connectivity index (χ2n) is 10.4. The number of aryl methyl sites for hydroxylation is 1. The molecule has 0 atom stereocenters. The minimum absolute atomic E-state index is 0.267. The van der Waals surface area contributed by atoms with E-state index in [9.17, 15) is 4.39 Å². The predicted molar refractivity (Wildman–Crippen MR) is 154 cm³/mol. The van der Waals surface area contributed by atoms with Gasteiger partial charge in [0.15, 0.2) is 0 Å². The Morgan fingerprint density at radius 3 is 2.59 bits per heavy atom. The molecular weight excluding hydrogens is 487 g/mol. The third kappa shape index (κ3) is 4.70. The van der Waals surface area contributed by atoms with Crippen LogP contribution in [0, 0.1) is 5.82 Å². The molecule has 2 N–H and O–H groups in total. The molecule has 194 valence electrons. The molecule has 1 aliphatic rings. The third-order valence-corrected chi connectivity index (χ3v) is 7.77. The number of aromatic amines is 2. The van der Waals surface area contributed by atoms with E-state index >= 15 is 0 Å². The Hall–Kier alpha value is -4.36. The Kier molecular flexibility index (Phi) is 6.13. The molecule has 0 unspecified atom stereocenters. The molecule has 0 saturated carbocycles. The first kappa shape index (κ1) is 23.7. The second kappa shape index (κ2) is 10.1. The fourth-order valence-corrected chi connectivity index (χ4v) is 5.76. The summed E-state index contributed by atoms with van der Waals surface area (Å²) < 4.78 is 13.9. The SMILES string of the molecule is Fc1cccc(-c2cncc3[nH]c(-c4n[nH]c5ccc(-c6cncc(CCCN7CCCC7)c6)cc45)cc23)c1. The number of pyridine rings is 2. The molecule has 0 bridgehead atoms. The quantitative estimate of drug-likeness (QED) is 0.240. The van der Waals surface area contributed by atoms with E-state index in [1.54, 1.807) is 18.5 Å². The van der Waals surface area contributed by atoms with Gasteiger partial charge in [-0.2, -0.15) is 5.10 Å². The van der Waals surface area contributed by atoms with Gasteiger partial charge in [0.25, 0.3) is 0 Å². The van der Waals surface area contributed by atoms with Crippen LogP contribution in [-0.2, 0) is 6.42 Å². The largest absolute Gasteiger partial charge is 0.352 e. The van der Waals surface area contributed by atoms with Gasteiger partial charge < -0.3 is 9.88 Å². The predicted octanol–water partition coefficient (Wildman–Crippen LogP) is 7.00. The summed E-state index contributed by atoms with van der Waals surface area (Å²) in [7, 11) is 0. The normalized spacial score (nSPS) is 14.1. The summed E-state index contributed by atoms with van der Waals surface area (Å²) in [6, 6.07) is 17.3.